The average molecular weight is 526 g/mol. The van der Waals surface area contributed by atoms with E-state index >= 15 is 0 Å². The van der Waals surface area contributed by atoms with Gasteiger partial charge in [-0.15, -0.1) is 0 Å². The maximum absolute atomic E-state index is 13.8. The Bertz CT molecular complexity index is 1030. The van der Waals surface area contributed by atoms with E-state index in [2.05, 4.69) is 20.4 Å². The van der Waals surface area contributed by atoms with Crippen molar-refractivity contribution in [3.8, 4) is 0 Å². The predicted octanol–water partition coefficient (Wildman–Crippen LogP) is 1.66. The van der Waals surface area contributed by atoms with Crippen LogP contribution in [-0.4, -0.2) is 104 Å². The molecule has 2 N–H and O–H groups in total. The summed E-state index contributed by atoms with van der Waals surface area (Å²) in [4.78, 5) is 46.3. The molecule has 0 aromatic heterocycles. The molecular formula is C29H43N5O4. The molecule has 4 fully saturated rings. The Balaban J connectivity index is 1.24. The van der Waals surface area contributed by atoms with E-state index in [4.69, 9.17) is 4.74 Å². The number of benzene rings is 1. The molecule has 9 nitrogen and oxygen atoms in total. The van der Waals surface area contributed by atoms with Crippen molar-refractivity contribution in [1.82, 2.24) is 20.4 Å². The molecular weight excluding hydrogens is 482 g/mol. The van der Waals surface area contributed by atoms with Crippen LogP contribution in [0.1, 0.15) is 56.8 Å². The Morgan fingerprint density at radius 2 is 1.76 bits per heavy atom. The Morgan fingerprint density at radius 1 is 1.08 bits per heavy atom. The van der Waals surface area contributed by atoms with E-state index in [0.717, 1.165) is 37.9 Å². The van der Waals surface area contributed by atoms with Gasteiger partial charge in [0.15, 0.2) is 5.78 Å². The monoisotopic (exact) mass is 525 g/mol. The van der Waals surface area contributed by atoms with Crippen LogP contribution in [0, 0.1) is 5.41 Å². The Hall–Kier alpha value is -2.49. The van der Waals surface area contributed by atoms with Gasteiger partial charge in [0.05, 0.1) is 6.04 Å². The molecule has 1 unspecified atom stereocenters. The van der Waals surface area contributed by atoms with Gasteiger partial charge < -0.3 is 25.2 Å². The third-order valence-corrected chi connectivity index (χ3v) is 8.66. The van der Waals surface area contributed by atoms with Gasteiger partial charge in [-0.25, -0.2) is 0 Å². The molecule has 5 rings (SSSR count). The van der Waals surface area contributed by atoms with Crippen molar-refractivity contribution < 1.29 is 19.1 Å². The maximum atomic E-state index is 13.8. The van der Waals surface area contributed by atoms with Crippen LogP contribution in [0.4, 0.5) is 5.69 Å². The molecule has 3 heterocycles. The minimum atomic E-state index is -0.730. The van der Waals surface area contributed by atoms with Crippen LogP contribution in [0.3, 0.4) is 0 Å². The molecule has 4 aliphatic rings. The van der Waals surface area contributed by atoms with Crippen LogP contribution in [0.15, 0.2) is 24.3 Å². The van der Waals surface area contributed by atoms with Crippen LogP contribution >= 0.6 is 0 Å². The number of ether oxygens (including phenoxy) is 1. The first kappa shape index (κ1) is 27.1. The third-order valence-electron chi connectivity index (χ3n) is 8.66. The van der Waals surface area contributed by atoms with Crippen molar-refractivity contribution >= 4 is 23.3 Å². The highest BCUT2D eigenvalue weighted by Gasteiger charge is 2.53. The summed E-state index contributed by atoms with van der Waals surface area (Å²) in [5, 5.41) is 6.18. The van der Waals surface area contributed by atoms with E-state index in [1.807, 2.05) is 52.1 Å². The number of amides is 2. The highest BCUT2D eigenvalue weighted by molar-refractivity contribution is 5.99. The first-order valence-corrected chi connectivity index (χ1v) is 14.2. The largest absolute Gasteiger partial charge is 0.369 e. The molecule has 1 aromatic carbocycles. The smallest absolute Gasteiger partial charge is 0.251 e. The number of hydrogen-bond donors (Lipinski definition) is 2. The molecule has 2 amide bonds. The summed E-state index contributed by atoms with van der Waals surface area (Å²) in [6.45, 7) is 10.7. The van der Waals surface area contributed by atoms with Crippen molar-refractivity contribution in [3.63, 3.8) is 0 Å². The summed E-state index contributed by atoms with van der Waals surface area (Å²) in [7, 11) is 1.81. The number of likely N-dealkylation sites (tertiary alicyclic amines) is 1. The van der Waals surface area contributed by atoms with E-state index < -0.39 is 12.1 Å². The molecule has 0 bridgehead atoms. The zero-order valence-corrected chi connectivity index (χ0v) is 23.2. The summed E-state index contributed by atoms with van der Waals surface area (Å²) in [6, 6.07) is 7.05. The minimum absolute atomic E-state index is 0.0234. The Kier molecular flexibility index (Phi) is 7.80. The van der Waals surface area contributed by atoms with Crippen LogP contribution in [0.25, 0.3) is 0 Å². The van der Waals surface area contributed by atoms with Gasteiger partial charge in [-0.05, 0) is 56.0 Å². The molecule has 3 aliphatic heterocycles. The molecule has 208 valence electrons. The van der Waals surface area contributed by atoms with Gasteiger partial charge in [-0.1, -0.05) is 27.2 Å². The minimum Gasteiger partial charge on any atom is -0.369 e. The lowest BCUT2D eigenvalue weighted by Crippen LogP contribution is -2.53. The molecule has 3 saturated heterocycles. The molecule has 9 heteroatoms. The first-order valence-electron chi connectivity index (χ1n) is 14.2. The van der Waals surface area contributed by atoms with Crippen LogP contribution < -0.4 is 15.5 Å². The number of nitrogens with one attached hydrogen (secondary N) is 2. The van der Waals surface area contributed by atoms with Gasteiger partial charge in [0.2, 0.25) is 5.91 Å². The lowest BCUT2D eigenvalue weighted by atomic mass is 9.87. The molecule has 38 heavy (non-hydrogen) atoms. The molecule has 1 saturated carbocycles. The van der Waals surface area contributed by atoms with Crippen LogP contribution in [-0.2, 0) is 14.3 Å². The van der Waals surface area contributed by atoms with Crippen molar-refractivity contribution in [1.29, 1.82) is 0 Å². The summed E-state index contributed by atoms with van der Waals surface area (Å²) < 4.78 is 5.69. The number of rotatable bonds is 7. The second-order valence-electron chi connectivity index (χ2n) is 12.5. The molecule has 4 atom stereocenters. The lowest BCUT2D eigenvalue weighted by molar-refractivity contribution is -0.138. The highest BCUT2D eigenvalue weighted by atomic mass is 16.5. The number of anilines is 1. The van der Waals surface area contributed by atoms with Gasteiger partial charge in [0.25, 0.3) is 5.91 Å². The van der Waals surface area contributed by atoms with E-state index in [9.17, 15) is 14.4 Å². The van der Waals surface area contributed by atoms with E-state index in [0.29, 0.717) is 18.5 Å². The fourth-order valence-corrected chi connectivity index (χ4v) is 6.31. The van der Waals surface area contributed by atoms with E-state index in [-0.39, 0.29) is 41.8 Å². The zero-order valence-electron chi connectivity index (χ0n) is 23.2. The van der Waals surface area contributed by atoms with Gasteiger partial charge in [-0.3, -0.25) is 19.3 Å². The summed E-state index contributed by atoms with van der Waals surface area (Å²) >= 11 is 0. The quantitative estimate of drug-likeness (QED) is 0.559. The molecule has 1 aromatic rings. The predicted molar refractivity (Wildman–Crippen MR) is 146 cm³/mol. The molecule has 1 aliphatic carbocycles. The van der Waals surface area contributed by atoms with Gasteiger partial charge in [0.1, 0.15) is 24.8 Å². The normalized spacial score (nSPS) is 27.3. The number of ketones is 1. The van der Waals surface area contributed by atoms with Crippen molar-refractivity contribution in [2.75, 3.05) is 51.3 Å². The highest BCUT2D eigenvalue weighted by Crippen LogP contribution is 2.30. The number of likely N-dealkylation sites (N-methyl/N-ethyl adjacent to an activating group) is 1. The first-order chi connectivity index (χ1) is 18.1. The summed E-state index contributed by atoms with van der Waals surface area (Å²) in [6.07, 6.45) is 4.15. The average Bonchev–Trinajstić information content (AvgIpc) is 3.42. The van der Waals surface area contributed by atoms with Gasteiger partial charge in [0, 0.05) is 50.0 Å². The lowest BCUT2D eigenvalue weighted by Gasteiger charge is -2.43. The Morgan fingerprint density at radius 3 is 2.34 bits per heavy atom. The van der Waals surface area contributed by atoms with Crippen LogP contribution in [0.5, 0.6) is 0 Å². The number of piperazine rings is 1. The SMILES string of the molecule is CN[C@H]1CN(C(=O)C(CC(C)(C)C)NC(=O)c2ccc(N3CCN(C4CCC4)CC3)cc2)[C@@H]2C(=O)CO[C@H]12. The summed E-state index contributed by atoms with van der Waals surface area (Å²) in [5.41, 5.74) is 1.45. The maximum Gasteiger partial charge on any atom is 0.251 e. The van der Waals surface area contributed by atoms with Gasteiger partial charge >= 0.3 is 0 Å². The molecule has 0 spiro atoms. The third kappa shape index (κ3) is 5.60. The topological polar surface area (TPSA) is 94.2 Å². The number of carbonyl (C=O) groups is 3. The second kappa shape index (κ2) is 10.9. The summed E-state index contributed by atoms with van der Waals surface area (Å²) in [5.74, 6) is -0.573. The molecule has 0 radical (unpaired) electrons. The van der Waals surface area contributed by atoms with Crippen molar-refractivity contribution in [2.24, 2.45) is 5.41 Å². The second-order valence-corrected chi connectivity index (χ2v) is 12.5. The zero-order chi connectivity index (χ0) is 27.0. The number of nitrogens with zero attached hydrogens (tertiary/aromatic N) is 3. The van der Waals surface area contributed by atoms with E-state index in [1.165, 1.54) is 19.3 Å². The Labute approximate surface area is 226 Å². The van der Waals surface area contributed by atoms with E-state index in [1.54, 1.807) is 4.90 Å². The van der Waals surface area contributed by atoms with Crippen molar-refractivity contribution in [2.45, 2.75) is 76.7 Å². The fourth-order valence-electron chi connectivity index (χ4n) is 6.31. The number of Topliss-reactive ketones (excluding diaryl/α,β-unsaturated/α-hetero) is 1. The standard InChI is InChI=1S/C29H43N5O4/c1-29(2,3)16-22(28(37)34-17-23(30-4)26-25(34)24(35)18-38-26)31-27(36)19-8-10-21(11-9-19)33-14-12-32(13-15-33)20-6-5-7-20/h8-11,20,22-23,25-26,30H,5-7,12-18H2,1-4H3,(H,31,36)/t22?,23-,25+,26+/m0/s1. The number of hydrogen-bond acceptors (Lipinski definition) is 7. The van der Waals surface area contributed by atoms with Crippen molar-refractivity contribution in [3.05, 3.63) is 29.8 Å². The number of carbonyl (C=O) groups excluding carboxylic acids is 3. The van der Waals surface area contributed by atoms with Crippen LogP contribution in [0.2, 0.25) is 0 Å². The fraction of sp³-hybridized carbons (Fsp3) is 0.690. The van der Waals surface area contributed by atoms with Gasteiger partial charge in [-0.2, -0.15) is 0 Å². The number of fused-ring (bicyclic) bond motifs is 1.